The molecule has 1 aliphatic heterocycles. The molecule has 1 N–H and O–H groups in total. The Morgan fingerprint density at radius 1 is 1.12 bits per heavy atom. The number of ether oxygens (including phenoxy) is 2. The number of anilines is 1. The molecule has 0 aromatic carbocycles. The van der Waals surface area contributed by atoms with E-state index in [9.17, 15) is 14.4 Å². The number of methoxy groups -OCH3 is 2. The van der Waals surface area contributed by atoms with Crippen molar-refractivity contribution in [1.82, 2.24) is 4.90 Å². The summed E-state index contributed by atoms with van der Waals surface area (Å²) in [6, 6.07) is 6.26. The summed E-state index contributed by atoms with van der Waals surface area (Å²) in [5.74, 6) is -1.42. The van der Waals surface area contributed by atoms with E-state index in [0.717, 1.165) is 24.3 Å². The summed E-state index contributed by atoms with van der Waals surface area (Å²) < 4.78 is 9.68. The maximum atomic E-state index is 13.1. The van der Waals surface area contributed by atoms with Crippen molar-refractivity contribution >= 4 is 56.9 Å². The van der Waals surface area contributed by atoms with Gasteiger partial charge in [-0.2, -0.15) is 0 Å². The number of nitrogens with zero attached hydrogens (tertiary/aromatic N) is 1. The number of rotatable bonds is 6. The topological polar surface area (TPSA) is 84.9 Å². The number of fused-ring (bicyclic) bond motifs is 1. The Kier molecular flexibility index (Phi) is 6.75. The number of thiophene rings is 3. The molecule has 3 aromatic heterocycles. The summed E-state index contributed by atoms with van der Waals surface area (Å²) in [7, 11) is 2.54. The normalized spacial score (nSPS) is 15.8. The zero-order chi connectivity index (χ0) is 22.8. The van der Waals surface area contributed by atoms with Crippen LogP contribution in [0.4, 0.5) is 5.00 Å². The third-order valence-electron chi connectivity index (χ3n) is 5.39. The van der Waals surface area contributed by atoms with Gasteiger partial charge in [0.2, 0.25) is 5.91 Å². The molecular formula is C22H22N2O5S3. The maximum Gasteiger partial charge on any atom is 0.348 e. The fourth-order valence-electron chi connectivity index (χ4n) is 3.91. The smallest absolute Gasteiger partial charge is 0.348 e. The Morgan fingerprint density at radius 3 is 2.59 bits per heavy atom. The zero-order valence-corrected chi connectivity index (χ0v) is 20.2. The number of nitrogens with one attached hydrogen (secondary N) is 1. The number of hydrogen-bond donors (Lipinski definition) is 1. The number of esters is 2. The minimum Gasteiger partial charge on any atom is -0.465 e. The summed E-state index contributed by atoms with van der Waals surface area (Å²) in [5.41, 5.74) is 1.85. The van der Waals surface area contributed by atoms with Crippen molar-refractivity contribution in [2.75, 3.05) is 32.6 Å². The Morgan fingerprint density at radius 2 is 1.91 bits per heavy atom. The van der Waals surface area contributed by atoms with Crippen molar-refractivity contribution < 1.29 is 23.9 Å². The van der Waals surface area contributed by atoms with E-state index in [1.165, 1.54) is 29.5 Å². The van der Waals surface area contributed by atoms with Gasteiger partial charge in [0.25, 0.3) is 0 Å². The predicted molar refractivity (Wildman–Crippen MR) is 126 cm³/mol. The van der Waals surface area contributed by atoms with E-state index in [1.54, 1.807) is 29.6 Å². The van der Waals surface area contributed by atoms with Gasteiger partial charge in [0.05, 0.1) is 32.4 Å². The molecule has 0 aliphatic carbocycles. The predicted octanol–water partition coefficient (Wildman–Crippen LogP) is 4.34. The van der Waals surface area contributed by atoms with Gasteiger partial charge in [0.1, 0.15) is 9.88 Å². The third kappa shape index (κ3) is 4.23. The number of hydrogen-bond acceptors (Lipinski definition) is 9. The molecule has 32 heavy (non-hydrogen) atoms. The second-order valence-electron chi connectivity index (χ2n) is 7.23. The average molecular weight is 491 g/mol. The highest BCUT2D eigenvalue weighted by molar-refractivity contribution is 7.18. The van der Waals surface area contributed by atoms with Crippen LogP contribution in [-0.4, -0.2) is 50.1 Å². The van der Waals surface area contributed by atoms with Gasteiger partial charge in [-0.05, 0) is 47.4 Å². The van der Waals surface area contributed by atoms with Crippen LogP contribution in [-0.2, 0) is 20.7 Å². The average Bonchev–Trinajstić information content (AvgIpc) is 3.53. The maximum absolute atomic E-state index is 13.1. The van der Waals surface area contributed by atoms with E-state index in [1.807, 2.05) is 11.4 Å². The van der Waals surface area contributed by atoms with Gasteiger partial charge >= 0.3 is 11.9 Å². The standard InChI is InChI=1S/C22H22N2O5S3/c1-12-17(21(26)28-2)20(32-19(12)22(27)29-3)23-16(25)11-24-8-6-14-13(7-10-31-14)18(24)15-5-4-9-30-15/h4-5,7,9-10,18H,6,8,11H2,1-3H3,(H,23,25). The van der Waals surface area contributed by atoms with E-state index < -0.39 is 11.9 Å². The van der Waals surface area contributed by atoms with Crippen LogP contribution in [0, 0.1) is 6.92 Å². The second-order valence-corrected chi connectivity index (χ2v) is 10.2. The SMILES string of the molecule is COC(=O)c1sc(NC(=O)CN2CCc3sccc3C2c2cccs2)c(C(=O)OC)c1C. The van der Waals surface area contributed by atoms with Crippen LogP contribution in [0.5, 0.6) is 0 Å². The van der Waals surface area contributed by atoms with Gasteiger partial charge in [-0.25, -0.2) is 9.59 Å². The molecule has 0 fully saturated rings. The first-order valence-corrected chi connectivity index (χ1v) is 12.5. The third-order valence-corrected chi connectivity index (χ3v) is 8.49. The first-order valence-electron chi connectivity index (χ1n) is 9.88. The first kappa shape index (κ1) is 22.7. The van der Waals surface area contributed by atoms with Crippen molar-refractivity contribution in [2.45, 2.75) is 19.4 Å². The lowest BCUT2D eigenvalue weighted by molar-refractivity contribution is -0.117. The van der Waals surface area contributed by atoms with Crippen molar-refractivity contribution in [3.63, 3.8) is 0 Å². The second kappa shape index (κ2) is 9.53. The molecule has 4 rings (SSSR count). The summed E-state index contributed by atoms with van der Waals surface area (Å²) in [4.78, 5) is 42.4. The first-order chi connectivity index (χ1) is 15.4. The molecule has 1 atom stereocenters. The number of carbonyl (C=O) groups excluding carboxylic acids is 3. The summed E-state index contributed by atoms with van der Waals surface area (Å²) >= 11 is 4.44. The van der Waals surface area contributed by atoms with Crippen LogP contribution in [0.15, 0.2) is 29.0 Å². The van der Waals surface area contributed by atoms with Crippen molar-refractivity contribution in [3.8, 4) is 0 Å². The van der Waals surface area contributed by atoms with Crippen molar-refractivity contribution in [2.24, 2.45) is 0 Å². The molecule has 1 aliphatic rings. The van der Waals surface area contributed by atoms with E-state index >= 15 is 0 Å². The number of carbonyl (C=O) groups is 3. The molecular weight excluding hydrogens is 468 g/mol. The Labute approximate surface area is 197 Å². The minimum atomic E-state index is -0.610. The molecule has 10 heteroatoms. The van der Waals surface area contributed by atoms with Crippen LogP contribution in [0.3, 0.4) is 0 Å². The summed E-state index contributed by atoms with van der Waals surface area (Å²) in [6.45, 7) is 2.55. The van der Waals surface area contributed by atoms with Gasteiger partial charge in [0.15, 0.2) is 0 Å². The minimum absolute atomic E-state index is 0.0199. The quantitative estimate of drug-likeness (QED) is 0.518. The van der Waals surface area contributed by atoms with E-state index in [-0.39, 0.29) is 28.9 Å². The molecule has 0 saturated carbocycles. The largest absolute Gasteiger partial charge is 0.465 e. The fraction of sp³-hybridized carbons (Fsp3) is 0.318. The van der Waals surface area contributed by atoms with Gasteiger partial charge in [-0.15, -0.1) is 34.0 Å². The van der Waals surface area contributed by atoms with Gasteiger partial charge in [-0.3, -0.25) is 9.69 Å². The van der Waals surface area contributed by atoms with Crippen molar-refractivity contribution in [1.29, 1.82) is 0 Å². The van der Waals surface area contributed by atoms with E-state index in [2.05, 4.69) is 27.7 Å². The molecule has 1 amide bonds. The Bertz CT molecular complexity index is 1150. The molecule has 168 valence electrons. The Hall–Kier alpha value is -2.53. The van der Waals surface area contributed by atoms with E-state index in [4.69, 9.17) is 9.47 Å². The number of amides is 1. The van der Waals surface area contributed by atoms with Crippen LogP contribution in [0.25, 0.3) is 0 Å². The van der Waals surface area contributed by atoms with E-state index in [0.29, 0.717) is 10.6 Å². The van der Waals surface area contributed by atoms with Crippen molar-refractivity contribution in [3.05, 3.63) is 60.3 Å². The van der Waals surface area contributed by atoms with Gasteiger partial charge in [-0.1, -0.05) is 6.07 Å². The summed E-state index contributed by atoms with van der Waals surface area (Å²) in [6.07, 6.45) is 0.889. The van der Waals surface area contributed by atoms with Gasteiger partial charge < -0.3 is 14.8 Å². The monoisotopic (exact) mass is 490 g/mol. The van der Waals surface area contributed by atoms with Crippen LogP contribution in [0.1, 0.15) is 47.0 Å². The van der Waals surface area contributed by atoms with Crippen LogP contribution in [0.2, 0.25) is 0 Å². The summed E-state index contributed by atoms with van der Waals surface area (Å²) in [5, 5.41) is 7.26. The fourth-order valence-corrected chi connectivity index (χ4v) is 6.82. The highest BCUT2D eigenvalue weighted by atomic mass is 32.1. The molecule has 0 spiro atoms. The highest BCUT2D eigenvalue weighted by Crippen LogP contribution is 2.39. The lowest BCUT2D eigenvalue weighted by atomic mass is 9.98. The lowest BCUT2D eigenvalue weighted by Gasteiger charge is -2.34. The van der Waals surface area contributed by atoms with Gasteiger partial charge in [0, 0.05) is 16.3 Å². The molecule has 7 nitrogen and oxygen atoms in total. The Balaban J connectivity index is 1.59. The molecule has 0 bridgehead atoms. The molecule has 1 unspecified atom stereocenters. The molecule has 0 radical (unpaired) electrons. The van der Waals surface area contributed by atoms with Crippen LogP contribution >= 0.6 is 34.0 Å². The van der Waals surface area contributed by atoms with Crippen LogP contribution < -0.4 is 5.32 Å². The molecule has 0 saturated heterocycles. The highest BCUT2D eigenvalue weighted by Gasteiger charge is 2.32. The molecule has 4 heterocycles. The lowest BCUT2D eigenvalue weighted by Crippen LogP contribution is -2.40. The molecule has 3 aromatic rings. The zero-order valence-electron chi connectivity index (χ0n) is 17.8.